The van der Waals surface area contributed by atoms with Crippen LogP contribution in [0.1, 0.15) is 5.56 Å². The number of hydrogen-bond acceptors (Lipinski definition) is 5. The number of nitro benzene ring substituents is 1. The van der Waals surface area contributed by atoms with Gasteiger partial charge in [-0.1, -0.05) is 0 Å². The third kappa shape index (κ3) is 4.24. The molecule has 0 fully saturated rings. The van der Waals surface area contributed by atoms with E-state index in [1.807, 2.05) is 7.05 Å². The first-order valence-electron chi connectivity index (χ1n) is 5.25. The third-order valence-electron chi connectivity index (χ3n) is 2.45. The fraction of sp³-hybridized carbons (Fsp3) is 0.455. The van der Waals surface area contributed by atoms with E-state index in [2.05, 4.69) is 11.2 Å². The van der Waals surface area contributed by atoms with Crippen LogP contribution in [0.25, 0.3) is 0 Å². The van der Waals surface area contributed by atoms with E-state index in [-0.39, 0.29) is 5.69 Å². The topological polar surface area (TPSA) is 72.4 Å². The predicted molar refractivity (Wildman–Crippen MR) is 72.2 cm³/mol. The molecule has 0 amide bonds. The highest BCUT2D eigenvalue weighted by Crippen LogP contribution is 2.20. The van der Waals surface area contributed by atoms with Crippen molar-refractivity contribution in [3.8, 4) is 0 Å². The monoisotopic (exact) mass is 255 g/mol. The zero-order valence-electron chi connectivity index (χ0n) is 10.0. The first-order chi connectivity index (χ1) is 8.04. The molecule has 94 valence electrons. The lowest BCUT2D eigenvalue weighted by atomic mass is 10.1. The van der Waals surface area contributed by atoms with Crippen molar-refractivity contribution in [3.63, 3.8) is 0 Å². The summed E-state index contributed by atoms with van der Waals surface area (Å²) < 4.78 is 0. The molecule has 0 heterocycles. The van der Waals surface area contributed by atoms with Crippen LogP contribution >= 0.6 is 11.8 Å². The van der Waals surface area contributed by atoms with E-state index in [0.29, 0.717) is 12.2 Å². The minimum absolute atomic E-state index is 0.0902. The average molecular weight is 255 g/mol. The quantitative estimate of drug-likeness (QED) is 0.478. The molecule has 6 heteroatoms. The van der Waals surface area contributed by atoms with Crippen LogP contribution in [0, 0.1) is 10.1 Å². The number of benzene rings is 1. The van der Waals surface area contributed by atoms with Crippen molar-refractivity contribution >= 4 is 23.1 Å². The Morgan fingerprint density at radius 1 is 1.53 bits per heavy atom. The molecule has 0 radical (unpaired) electrons. The summed E-state index contributed by atoms with van der Waals surface area (Å²) in [5, 5.41) is 10.7. The van der Waals surface area contributed by atoms with Gasteiger partial charge in [-0.05, 0) is 24.9 Å². The molecule has 0 saturated carbocycles. The van der Waals surface area contributed by atoms with Gasteiger partial charge < -0.3 is 10.6 Å². The average Bonchev–Trinajstić information content (AvgIpc) is 2.29. The molecule has 17 heavy (non-hydrogen) atoms. The van der Waals surface area contributed by atoms with Gasteiger partial charge in [0.05, 0.1) is 4.92 Å². The zero-order valence-corrected chi connectivity index (χ0v) is 10.9. The molecular formula is C11H17N3O2S. The highest BCUT2D eigenvalue weighted by molar-refractivity contribution is 7.98. The molecule has 5 nitrogen and oxygen atoms in total. The summed E-state index contributed by atoms with van der Waals surface area (Å²) >= 11 is 1.77. The summed E-state index contributed by atoms with van der Waals surface area (Å²) in [5.41, 5.74) is 7.31. The van der Waals surface area contributed by atoms with Gasteiger partial charge in [0.15, 0.2) is 0 Å². The van der Waals surface area contributed by atoms with Gasteiger partial charge in [-0.2, -0.15) is 11.8 Å². The summed E-state index contributed by atoms with van der Waals surface area (Å²) in [6, 6.07) is 4.57. The minimum Gasteiger partial charge on any atom is -0.398 e. The second-order valence-electron chi connectivity index (χ2n) is 3.87. The molecule has 1 rings (SSSR count). The highest BCUT2D eigenvalue weighted by atomic mass is 32.2. The summed E-state index contributed by atoms with van der Waals surface area (Å²) in [5.74, 6) is 1.03. The van der Waals surface area contributed by atoms with Gasteiger partial charge in [-0.25, -0.2) is 0 Å². The maximum absolute atomic E-state index is 10.7. The van der Waals surface area contributed by atoms with Crippen LogP contribution in [0.3, 0.4) is 0 Å². The van der Waals surface area contributed by atoms with Crippen LogP contribution in [-0.2, 0) is 6.54 Å². The summed E-state index contributed by atoms with van der Waals surface area (Å²) in [7, 11) is 1.98. The minimum atomic E-state index is -0.398. The highest BCUT2D eigenvalue weighted by Gasteiger charge is 2.10. The number of thioether (sulfide) groups is 1. The molecule has 0 aliphatic rings. The number of nitrogen functional groups attached to an aromatic ring is 1. The lowest BCUT2D eigenvalue weighted by molar-refractivity contribution is -0.384. The lowest BCUT2D eigenvalue weighted by Gasteiger charge is -2.16. The first kappa shape index (κ1) is 13.8. The number of anilines is 1. The van der Waals surface area contributed by atoms with Crippen molar-refractivity contribution in [2.75, 3.05) is 31.3 Å². The van der Waals surface area contributed by atoms with Crippen LogP contribution < -0.4 is 5.73 Å². The first-order valence-corrected chi connectivity index (χ1v) is 6.64. The fourth-order valence-electron chi connectivity index (χ4n) is 1.46. The Labute approximate surface area is 105 Å². The Kier molecular flexibility index (Phi) is 5.24. The van der Waals surface area contributed by atoms with Crippen molar-refractivity contribution in [2.45, 2.75) is 6.54 Å². The molecule has 1 aromatic rings. The summed E-state index contributed by atoms with van der Waals surface area (Å²) in [6.07, 6.45) is 2.05. The van der Waals surface area contributed by atoms with Gasteiger partial charge in [-0.15, -0.1) is 0 Å². The smallest absolute Gasteiger partial charge is 0.269 e. The molecule has 0 saturated heterocycles. The fourth-order valence-corrected chi connectivity index (χ4v) is 1.95. The van der Waals surface area contributed by atoms with Crippen molar-refractivity contribution in [1.82, 2.24) is 4.90 Å². The van der Waals surface area contributed by atoms with E-state index in [1.54, 1.807) is 23.9 Å². The van der Waals surface area contributed by atoms with Crippen LogP contribution in [0.5, 0.6) is 0 Å². The van der Waals surface area contributed by atoms with Crippen LogP contribution in [0.4, 0.5) is 11.4 Å². The Morgan fingerprint density at radius 2 is 2.24 bits per heavy atom. The molecule has 0 atom stereocenters. The predicted octanol–water partition coefficient (Wildman–Crippen LogP) is 1.97. The molecule has 0 aromatic heterocycles. The van der Waals surface area contributed by atoms with Crippen molar-refractivity contribution < 1.29 is 4.92 Å². The number of non-ortho nitro benzene ring substituents is 1. The second-order valence-corrected chi connectivity index (χ2v) is 4.86. The zero-order chi connectivity index (χ0) is 12.8. The van der Waals surface area contributed by atoms with E-state index in [0.717, 1.165) is 17.9 Å². The molecule has 2 N–H and O–H groups in total. The molecule has 0 aliphatic carbocycles. The van der Waals surface area contributed by atoms with Crippen LogP contribution in [-0.4, -0.2) is 35.4 Å². The van der Waals surface area contributed by atoms with Gasteiger partial charge in [0, 0.05) is 36.7 Å². The van der Waals surface area contributed by atoms with E-state index in [9.17, 15) is 10.1 Å². The number of nitrogens with zero attached hydrogens (tertiary/aromatic N) is 2. The number of nitrogens with two attached hydrogens (primary N) is 1. The Bertz CT molecular complexity index is 398. The maximum atomic E-state index is 10.7. The van der Waals surface area contributed by atoms with E-state index < -0.39 is 4.92 Å². The lowest BCUT2D eigenvalue weighted by Crippen LogP contribution is -2.21. The van der Waals surface area contributed by atoms with Crippen molar-refractivity contribution in [2.24, 2.45) is 0 Å². The van der Waals surface area contributed by atoms with Crippen molar-refractivity contribution in [1.29, 1.82) is 0 Å². The SMILES string of the molecule is CSCCN(C)Cc1cc([N+](=O)[O-])ccc1N. The normalized spacial score (nSPS) is 10.8. The Balaban J connectivity index is 2.75. The number of rotatable bonds is 6. The number of nitro groups is 1. The third-order valence-corrected chi connectivity index (χ3v) is 3.05. The second kappa shape index (κ2) is 6.46. The number of hydrogen-bond donors (Lipinski definition) is 1. The van der Waals surface area contributed by atoms with E-state index in [4.69, 9.17) is 5.73 Å². The van der Waals surface area contributed by atoms with Gasteiger partial charge in [0.2, 0.25) is 0 Å². The largest absolute Gasteiger partial charge is 0.398 e. The Hall–Kier alpha value is -1.27. The van der Waals surface area contributed by atoms with Gasteiger partial charge in [-0.3, -0.25) is 10.1 Å². The summed E-state index contributed by atoms with van der Waals surface area (Å²) in [6.45, 7) is 1.57. The maximum Gasteiger partial charge on any atom is 0.269 e. The Morgan fingerprint density at radius 3 is 2.82 bits per heavy atom. The van der Waals surface area contributed by atoms with Crippen LogP contribution in [0.15, 0.2) is 18.2 Å². The molecule has 0 unspecified atom stereocenters. The molecule has 1 aromatic carbocycles. The molecule has 0 bridgehead atoms. The van der Waals surface area contributed by atoms with E-state index in [1.165, 1.54) is 6.07 Å². The van der Waals surface area contributed by atoms with Crippen LogP contribution in [0.2, 0.25) is 0 Å². The van der Waals surface area contributed by atoms with Gasteiger partial charge in [0.1, 0.15) is 0 Å². The molecule has 0 spiro atoms. The van der Waals surface area contributed by atoms with Crippen molar-refractivity contribution in [3.05, 3.63) is 33.9 Å². The standard InChI is InChI=1S/C11H17N3O2S/c1-13(5-6-17-2)8-9-7-10(14(15)16)3-4-11(9)12/h3-4,7H,5-6,8,12H2,1-2H3. The summed E-state index contributed by atoms with van der Waals surface area (Å²) in [4.78, 5) is 12.4. The molecular weight excluding hydrogens is 238 g/mol. The van der Waals surface area contributed by atoms with Gasteiger partial charge in [0.25, 0.3) is 5.69 Å². The van der Waals surface area contributed by atoms with Gasteiger partial charge >= 0.3 is 0 Å². The van der Waals surface area contributed by atoms with E-state index >= 15 is 0 Å². The molecule has 0 aliphatic heterocycles.